The number of hydrogen-bond acceptors (Lipinski definition) is 4. The SMILES string of the molecule is Cc1ccc(-c2nnc(S(=O)(=O)Nc3cccc(C(F)(F)F)c3)n2-c2ccccc2)cc1. The van der Waals surface area contributed by atoms with E-state index >= 15 is 0 Å². The number of sulfonamides is 1. The van der Waals surface area contributed by atoms with Gasteiger partial charge in [0.1, 0.15) is 0 Å². The number of anilines is 1. The first-order valence-electron chi connectivity index (χ1n) is 9.43. The van der Waals surface area contributed by atoms with Crippen molar-refractivity contribution in [3.05, 3.63) is 90.0 Å². The number of halogens is 3. The molecule has 0 aliphatic carbocycles. The van der Waals surface area contributed by atoms with Crippen molar-refractivity contribution >= 4 is 15.7 Å². The highest BCUT2D eigenvalue weighted by molar-refractivity contribution is 7.92. The van der Waals surface area contributed by atoms with Crippen molar-refractivity contribution in [3.63, 3.8) is 0 Å². The molecule has 10 heteroatoms. The highest BCUT2D eigenvalue weighted by Crippen LogP contribution is 2.32. The lowest BCUT2D eigenvalue weighted by atomic mass is 10.1. The molecule has 0 amide bonds. The zero-order valence-electron chi connectivity index (χ0n) is 16.7. The Labute approximate surface area is 182 Å². The molecule has 0 aliphatic rings. The van der Waals surface area contributed by atoms with Gasteiger partial charge in [0.15, 0.2) is 5.82 Å². The summed E-state index contributed by atoms with van der Waals surface area (Å²) < 4.78 is 68.9. The number of benzene rings is 3. The van der Waals surface area contributed by atoms with Crippen LogP contribution in [-0.4, -0.2) is 23.2 Å². The second-order valence-corrected chi connectivity index (χ2v) is 8.60. The summed E-state index contributed by atoms with van der Waals surface area (Å²) in [6.45, 7) is 1.92. The van der Waals surface area contributed by atoms with Gasteiger partial charge in [0, 0.05) is 16.9 Å². The maximum Gasteiger partial charge on any atom is 0.416 e. The Morgan fingerprint density at radius 2 is 1.56 bits per heavy atom. The molecule has 0 atom stereocenters. The third kappa shape index (κ3) is 4.35. The number of rotatable bonds is 5. The summed E-state index contributed by atoms with van der Waals surface area (Å²) >= 11 is 0. The normalized spacial score (nSPS) is 12.0. The van der Waals surface area contributed by atoms with Gasteiger partial charge in [-0.3, -0.25) is 9.29 Å². The van der Waals surface area contributed by atoms with Crippen LogP contribution in [0.15, 0.2) is 84.0 Å². The van der Waals surface area contributed by atoms with Crippen molar-refractivity contribution < 1.29 is 21.6 Å². The Morgan fingerprint density at radius 1 is 0.875 bits per heavy atom. The van der Waals surface area contributed by atoms with Gasteiger partial charge in [-0.15, -0.1) is 10.2 Å². The van der Waals surface area contributed by atoms with Crippen LogP contribution in [0.4, 0.5) is 18.9 Å². The first-order chi connectivity index (χ1) is 15.1. The molecule has 1 N–H and O–H groups in total. The molecule has 1 heterocycles. The maximum absolute atomic E-state index is 13.1. The van der Waals surface area contributed by atoms with Gasteiger partial charge < -0.3 is 0 Å². The largest absolute Gasteiger partial charge is 0.416 e. The van der Waals surface area contributed by atoms with Crippen LogP contribution in [0.5, 0.6) is 0 Å². The molecule has 1 aromatic heterocycles. The molecule has 4 rings (SSSR count). The average molecular weight is 458 g/mol. The lowest BCUT2D eigenvalue weighted by Gasteiger charge is -2.13. The molecule has 164 valence electrons. The molecular weight excluding hydrogens is 441 g/mol. The van der Waals surface area contributed by atoms with Crippen molar-refractivity contribution in [2.45, 2.75) is 18.3 Å². The minimum absolute atomic E-state index is 0.237. The van der Waals surface area contributed by atoms with Crippen LogP contribution in [0.3, 0.4) is 0 Å². The van der Waals surface area contributed by atoms with Crippen molar-refractivity contribution in [2.75, 3.05) is 4.72 Å². The van der Waals surface area contributed by atoms with Gasteiger partial charge in [-0.05, 0) is 37.3 Å². The number of nitrogens with one attached hydrogen (secondary N) is 1. The van der Waals surface area contributed by atoms with Gasteiger partial charge in [0.2, 0.25) is 0 Å². The smallest absolute Gasteiger partial charge is 0.277 e. The van der Waals surface area contributed by atoms with Gasteiger partial charge in [-0.1, -0.05) is 54.1 Å². The molecule has 0 saturated heterocycles. The van der Waals surface area contributed by atoms with E-state index in [1.165, 1.54) is 10.6 Å². The first-order valence-corrected chi connectivity index (χ1v) is 10.9. The predicted molar refractivity (Wildman–Crippen MR) is 114 cm³/mol. The van der Waals surface area contributed by atoms with Crippen LogP contribution in [-0.2, 0) is 16.2 Å². The van der Waals surface area contributed by atoms with E-state index in [9.17, 15) is 21.6 Å². The van der Waals surface area contributed by atoms with E-state index in [-0.39, 0.29) is 11.5 Å². The van der Waals surface area contributed by atoms with E-state index < -0.39 is 26.9 Å². The van der Waals surface area contributed by atoms with Crippen LogP contribution < -0.4 is 4.72 Å². The third-order valence-corrected chi connectivity index (χ3v) is 5.89. The first kappa shape index (κ1) is 21.6. The molecule has 3 aromatic carbocycles. The number of aryl methyl sites for hydroxylation is 1. The van der Waals surface area contributed by atoms with Crippen molar-refractivity contribution in [1.82, 2.24) is 14.8 Å². The third-order valence-electron chi connectivity index (χ3n) is 4.64. The van der Waals surface area contributed by atoms with E-state index in [0.717, 1.165) is 23.8 Å². The maximum atomic E-state index is 13.1. The molecule has 0 bridgehead atoms. The average Bonchev–Trinajstić information content (AvgIpc) is 3.20. The highest BCUT2D eigenvalue weighted by atomic mass is 32.2. The summed E-state index contributed by atoms with van der Waals surface area (Å²) in [6.07, 6.45) is -4.61. The number of para-hydroxylation sites is 1. The molecule has 0 radical (unpaired) electrons. The number of alkyl halides is 3. The Balaban J connectivity index is 1.82. The van der Waals surface area contributed by atoms with Crippen LogP contribution in [0.1, 0.15) is 11.1 Å². The molecule has 0 saturated carbocycles. The van der Waals surface area contributed by atoms with E-state index in [1.54, 1.807) is 42.5 Å². The second kappa shape index (κ2) is 8.12. The zero-order chi connectivity index (χ0) is 22.9. The van der Waals surface area contributed by atoms with Crippen LogP contribution >= 0.6 is 0 Å². The Kier molecular flexibility index (Phi) is 5.47. The molecule has 32 heavy (non-hydrogen) atoms. The minimum atomic E-state index is -4.61. The lowest BCUT2D eigenvalue weighted by molar-refractivity contribution is -0.137. The monoisotopic (exact) mass is 458 g/mol. The molecule has 0 aliphatic heterocycles. The fourth-order valence-corrected chi connectivity index (χ4v) is 4.21. The van der Waals surface area contributed by atoms with Crippen molar-refractivity contribution in [2.24, 2.45) is 0 Å². The zero-order valence-corrected chi connectivity index (χ0v) is 17.5. The summed E-state index contributed by atoms with van der Waals surface area (Å²) in [6, 6.07) is 19.8. The minimum Gasteiger partial charge on any atom is -0.277 e. The molecule has 0 unspecified atom stereocenters. The molecule has 0 spiro atoms. The highest BCUT2D eigenvalue weighted by Gasteiger charge is 2.31. The van der Waals surface area contributed by atoms with Gasteiger partial charge >= 0.3 is 6.18 Å². The molecule has 6 nitrogen and oxygen atoms in total. The Bertz CT molecular complexity index is 1350. The van der Waals surface area contributed by atoms with Crippen molar-refractivity contribution in [1.29, 1.82) is 0 Å². The lowest BCUT2D eigenvalue weighted by Crippen LogP contribution is -2.19. The number of aromatic nitrogens is 3. The number of nitrogens with zero attached hydrogens (tertiary/aromatic N) is 3. The van der Waals surface area contributed by atoms with Crippen molar-refractivity contribution in [3.8, 4) is 17.1 Å². The van der Waals surface area contributed by atoms with Crippen LogP contribution in [0, 0.1) is 6.92 Å². The van der Waals surface area contributed by atoms with Gasteiger partial charge in [0.25, 0.3) is 15.2 Å². The van der Waals surface area contributed by atoms with E-state index in [4.69, 9.17) is 0 Å². The van der Waals surface area contributed by atoms with Gasteiger partial charge in [-0.25, -0.2) is 0 Å². The summed E-state index contributed by atoms with van der Waals surface area (Å²) in [4.78, 5) is 0. The Morgan fingerprint density at radius 3 is 2.22 bits per heavy atom. The van der Waals surface area contributed by atoms with Crippen LogP contribution in [0.25, 0.3) is 17.1 Å². The summed E-state index contributed by atoms with van der Waals surface area (Å²) in [7, 11) is -4.38. The van der Waals surface area contributed by atoms with E-state index in [2.05, 4.69) is 14.9 Å². The van der Waals surface area contributed by atoms with Gasteiger partial charge in [0.05, 0.1) is 5.56 Å². The number of hydrogen-bond donors (Lipinski definition) is 1. The van der Waals surface area contributed by atoms with E-state index in [1.807, 2.05) is 19.1 Å². The fraction of sp³-hybridized carbons (Fsp3) is 0.0909. The second-order valence-electron chi connectivity index (χ2n) is 7.03. The molecular formula is C22H17F3N4O2S. The molecule has 0 fully saturated rings. The Hall–Kier alpha value is -3.66. The van der Waals surface area contributed by atoms with Gasteiger partial charge in [-0.2, -0.15) is 21.6 Å². The summed E-state index contributed by atoms with van der Waals surface area (Å²) in [5, 5.41) is 7.49. The standard InChI is InChI=1S/C22H17F3N4O2S/c1-15-10-12-16(13-11-15)20-26-27-21(29(20)19-8-3-2-4-9-19)32(30,31)28-18-7-5-6-17(14-18)22(23,24)25/h2-14,28H,1H3. The van der Waals surface area contributed by atoms with E-state index in [0.29, 0.717) is 11.3 Å². The quantitative estimate of drug-likeness (QED) is 0.453. The van der Waals surface area contributed by atoms with Crippen LogP contribution in [0.2, 0.25) is 0 Å². The fourth-order valence-electron chi connectivity index (χ4n) is 3.10. The predicted octanol–water partition coefficient (Wildman–Crippen LogP) is 5.06. The topological polar surface area (TPSA) is 76.9 Å². The summed E-state index contributed by atoms with van der Waals surface area (Å²) in [5.74, 6) is 0.278. The summed E-state index contributed by atoms with van der Waals surface area (Å²) in [5.41, 5.74) is 0.922. The molecule has 4 aromatic rings.